The van der Waals surface area contributed by atoms with Crippen LogP contribution in [0.25, 0.3) is 0 Å². The van der Waals surface area contributed by atoms with Crippen LogP contribution in [0.5, 0.6) is 5.75 Å². The molecule has 1 atom stereocenters. The van der Waals surface area contributed by atoms with Gasteiger partial charge in [-0.1, -0.05) is 30.3 Å². The van der Waals surface area contributed by atoms with E-state index in [0.29, 0.717) is 17.0 Å². The number of benzene rings is 2. The van der Waals surface area contributed by atoms with Gasteiger partial charge in [0.05, 0.1) is 12.8 Å². The molecule has 0 radical (unpaired) electrons. The maximum absolute atomic E-state index is 12.7. The second-order valence-electron chi connectivity index (χ2n) is 7.12. The van der Waals surface area contributed by atoms with Crippen LogP contribution in [0.15, 0.2) is 66.9 Å². The highest BCUT2D eigenvalue weighted by atomic mass is 16.6. The molecular formula is C22H25NO5. The van der Waals surface area contributed by atoms with Crippen LogP contribution in [0, 0.1) is 0 Å². The van der Waals surface area contributed by atoms with E-state index < -0.39 is 23.6 Å². The lowest BCUT2D eigenvalue weighted by Crippen LogP contribution is -2.33. The lowest BCUT2D eigenvalue weighted by molar-refractivity contribution is -0.137. The summed E-state index contributed by atoms with van der Waals surface area (Å²) < 4.78 is 10.6. The highest BCUT2D eigenvalue weighted by Crippen LogP contribution is 2.24. The highest BCUT2D eigenvalue weighted by molar-refractivity contribution is 5.90. The summed E-state index contributed by atoms with van der Waals surface area (Å²) in [6, 6.07) is 15.6. The van der Waals surface area contributed by atoms with E-state index in [-0.39, 0.29) is 0 Å². The van der Waals surface area contributed by atoms with E-state index >= 15 is 0 Å². The Morgan fingerprint density at radius 2 is 1.64 bits per heavy atom. The molecule has 28 heavy (non-hydrogen) atoms. The van der Waals surface area contributed by atoms with Crippen LogP contribution < -0.4 is 9.64 Å². The minimum Gasteiger partial charge on any atom is -0.497 e. The van der Waals surface area contributed by atoms with Crippen LogP contribution in [0.2, 0.25) is 0 Å². The molecule has 2 aromatic carbocycles. The Morgan fingerprint density at radius 3 is 2.14 bits per heavy atom. The zero-order valence-electron chi connectivity index (χ0n) is 16.5. The number of nitrogens with zero attached hydrogens (tertiary/aromatic N) is 1. The molecule has 1 N–H and O–H groups in total. The number of hydrogen-bond donors (Lipinski definition) is 1. The van der Waals surface area contributed by atoms with Crippen molar-refractivity contribution in [2.45, 2.75) is 32.3 Å². The molecule has 0 unspecified atom stereocenters. The van der Waals surface area contributed by atoms with E-state index in [0.717, 1.165) is 0 Å². The molecule has 0 saturated heterocycles. The van der Waals surface area contributed by atoms with Gasteiger partial charge in [0, 0.05) is 6.20 Å². The summed E-state index contributed by atoms with van der Waals surface area (Å²) in [5.41, 5.74) is 0.454. The summed E-state index contributed by atoms with van der Waals surface area (Å²) in [6.07, 6.45) is 2.29. The summed E-state index contributed by atoms with van der Waals surface area (Å²) in [7, 11) is 1.55. The van der Waals surface area contributed by atoms with E-state index in [9.17, 15) is 14.7 Å². The van der Waals surface area contributed by atoms with Gasteiger partial charge in [0.15, 0.2) is 0 Å². The van der Waals surface area contributed by atoms with Crippen LogP contribution in [0.1, 0.15) is 32.3 Å². The minimum absolute atomic E-state index is 0.531. The number of aliphatic carboxylic acids is 1. The Hall–Kier alpha value is -3.28. The quantitative estimate of drug-likeness (QED) is 0.774. The first kappa shape index (κ1) is 21.0. The third kappa shape index (κ3) is 5.87. The molecule has 0 bridgehead atoms. The fourth-order valence-electron chi connectivity index (χ4n) is 2.47. The van der Waals surface area contributed by atoms with E-state index in [1.54, 1.807) is 76.4 Å². The maximum Gasteiger partial charge on any atom is 0.418 e. The van der Waals surface area contributed by atoms with Crippen molar-refractivity contribution in [1.29, 1.82) is 0 Å². The van der Waals surface area contributed by atoms with Gasteiger partial charge in [-0.15, -0.1) is 0 Å². The molecule has 2 aromatic rings. The molecule has 0 aliphatic heterocycles. The lowest BCUT2D eigenvalue weighted by atomic mass is 9.99. The number of carboxylic acid groups (broad SMARTS) is 1. The SMILES string of the molecule is COc1ccc(N(/C=C\[C@H](C(=O)O)c2ccccc2)C(=O)OC(C)(C)C)cc1. The highest BCUT2D eigenvalue weighted by Gasteiger charge is 2.23. The van der Waals surface area contributed by atoms with Crippen LogP contribution in [-0.2, 0) is 9.53 Å². The molecule has 6 heteroatoms. The number of carbonyl (C=O) groups is 2. The standard InChI is InChI=1S/C22H25NO5/c1-22(2,3)28-21(26)23(17-10-12-18(27-4)13-11-17)15-14-19(20(24)25)16-8-6-5-7-9-16/h5-15,19H,1-4H3,(H,24,25)/b15-14-/t19-/m0/s1. The number of carbonyl (C=O) groups excluding carboxylic acids is 1. The van der Waals surface area contributed by atoms with Crippen molar-refractivity contribution in [1.82, 2.24) is 0 Å². The van der Waals surface area contributed by atoms with Crippen LogP contribution in [0.4, 0.5) is 10.5 Å². The number of methoxy groups -OCH3 is 1. The van der Waals surface area contributed by atoms with Gasteiger partial charge in [0.1, 0.15) is 17.3 Å². The predicted molar refractivity (Wildman–Crippen MR) is 108 cm³/mol. The normalized spacial score (nSPS) is 12.4. The van der Waals surface area contributed by atoms with E-state index in [4.69, 9.17) is 9.47 Å². The van der Waals surface area contributed by atoms with Gasteiger partial charge in [0.2, 0.25) is 0 Å². The van der Waals surface area contributed by atoms with Crippen LogP contribution in [0.3, 0.4) is 0 Å². The van der Waals surface area contributed by atoms with Gasteiger partial charge >= 0.3 is 12.1 Å². The van der Waals surface area contributed by atoms with Crippen molar-refractivity contribution in [2.75, 3.05) is 12.0 Å². The van der Waals surface area contributed by atoms with E-state index in [1.165, 1.54) is 17.2 Å². The number of ether oxygens (including phenoxy) is 2. The average Bonchev–Trinajstić information content (AvgIpc) is 2.64. The molecule has 6 nitrogen and oxygen atoms in total. The fraction of sp³-hybridized carbons (Fsp3) is 0.273. The van der Waals surface area contributed by atoms with Crippen molar-refractivity contribution < 1.29 is 24.2 Å². The molecule has 0 aliphatic carbocycles. The van der Waals surface area contributed by atoms with Crippen molar-refractivity contribution in [2.24, 2.45) is 0 Å². The Kier molecular flexibility index (Phi) is 6.82. The molecule has 0 fully saturated rings. The summed E-state index contributed by atoms with van der Waals surface area (Å²) in [6.45, 7) is 5.31. The zero-order chi connectivity index (χ0) is 20.7. The van der Waals surface area contributed by atoms with Crippen molar-refractivity contribution in [3.63, 3.8) is 0 Å². The topological polar surface area (TPSA) is 76.1 Å². The first-order chi connectivity index (χ1) is 13.2. The van der Waals surface area contributed by atoms with Gasteiger partial charge in [0.25, 0.3) is 0 Å². The Bertz CT molecular complexity index is 822. The number of hydrogen-bond acceptors (Lipinski definition) is 4. The fourth-order valence-corrected chi connectivity index (χ4v) is 2.47. The van der Waals surface area contributed by atoms with Gasteiger partial charge in [-0.05, 0) is 56.7 Å². The third-order valence-electron chi connectivity index (χ3n) is 3.79. The van der Waals surface area contributed by atoms with E-state index in [1.807, 2.05) is 6.07 Å². The zero-order valence-corrected chi connectivity index (χ0v) is 16.5. The second kappa shape index (κ2) is 9.08. The van der Waals surface area contributed by atoms with Crippen molar-refractivity contribution in [3.8, 4) is 5.75 Å². The van der Waals surface area contributed by atoms with Gasteiger partial charge < -0.3 is 14.6 Å². The number of amides is 1. The smallest absolute Gasteiger partial charge is 0.418 e. The second-order valence-corrected chi connectivity index (χ2v) is 7.12. The predicted octanol–water partition coefficient (Wildman–Crippen LogP) is 4.82. The van der Waals surface area contributed by atoms with Gasteiger partial charge in [-0.25, -0.2) is 4.79 Å². The number of anilines is 1. The Balaban J connectivity index is 2.37. The lowest BCUT2D eigenvalue weighted by Gasteiger charge is -2.25. The summed E-state index contributed by atoms with van der Waals surface area (Å²) in [5, 5.41) is 9.60. The van der Waals surface area contributed by atoms with Crippen molar-refractivity contribution >= 4 is 17.7 Å². The molecule has 2 rings (SSSR count). The Labute approximate surface area is 165 Å². The third-order valence-corrected chi connectivity index (χ3v) is 3.79. The first-order valence-corrected chi connectivity index (χ1v) is 8.83. The van der Waals surface area contributed by atoms with Gasteiger partial charge in [-0.2, -0.15) is 0 Å². The molecule has 0 spiro atoms. The monoisotopic (exact) mass is 383 g/mol. The summed E-state index contributed by atoms with van der Waals surface area (Å²) >= 11 is 0. The van der Waals surface area contributed by atoms with Crippen molar-refractivity contribution in [3.05, 3.63) is 72.4 Å². The molecule has 1 amide bonds. The number of rotatable bonds is 6. The molecule has 0 aromatic heterocycles. The number of carboxylic acids is 1. The molecule has 0 saturated carbocycles. The van der Waals surface area contributed by atoms with Crippen LogP contribution in [-0.4, -0.2) is 29.9 Å². The largest absolute Gasteiger partial charge is 0.497 e. The average molecular weight is 383 g/mol. The minimum atomic E-state index is -1.01. The molecule has 0 heterocycles. The van der Waals surface area contributed by atoms with E-state index in [2.05, 4.69) is 0 Å². The molecular weight excluding hydrogens is 358 g/mol. The van der Waals surface area contributed by atoms with Crippen LogP contribution >= 0.6 is 0 Å². The van der Waals surface area contributed by atoms with Gasteiger partial charge in [-0.3, -0.25) is 9.69 Å². The molecule has 148 valence electrons. The first-order valence-electron chi connectivity index (χ1n) is 8.83. The Morgan fingerprint density at radius 1 is 1.04 bits per heavy atom. The summed E-state index contributed by atoms with van der Waals surface area (Å²) in [5.74, 6) is -1.27. The summed E-state index contributed by atoms with van der Waals surface area (Å²) in [4.78, 5) is 25.7. The maximum atomic E-state index is 12.7. The molecule has 0 aliphatic rings.